The molecule has 2 heteroatoms. The van der Waals surface area contributed by atoms with E-state index in [9.17, 15) is 5.11 Å². The molecule has 0 aromatic heterocycles. The third kappa shape index (κ3) is 1.88. The average molecular weight is 286 g/mol. The van der Waals surface area contributed by atoms with E-state index >= 15 is 0 Å². The summed E-state index contributed by atoms with van der Waals surface area (Å²) in [6.07, 6.45) is 7.07. The molecule has 3 unspecified atom stereocenters. The summed E-state index contributed by atoms with van der Waals surface area (Å²) in [4.78, 5) is 0. The fraction of sp³-hybridized carbons (Fsp3) is 0.684. The minimum absolute atomic E-state index is 0.0688. The number of ether oxygens (including phenoxy) is 1. The van der Waals surface area contributed by atoms with Gasteiger partial charge in [0.05, 0.1) is 13.2 Å². The Balaban J connectivity index is 1.68. The quantitative estimate of drug-likeness (QED) is 0.848. The smallest absolute Gasteiger partial charge is 0.119 e. The minimum Gasteiger partial charge on any atom is -0.497 e. The molecular formula is C19H26O2. The van der Waals surface area contributed by atoms with Crippen LogP contribution in [-0.4, -0.2) is 18.3 Å². The number of methoxy groups -OCH3 is 1. The molecule has 4 rings (SSSR count). The lowest BCUT2D eigenvalue weighted by Gasteiger charge is -2.50. The zero-order valence-electron chi connectivity index (χ0n) is 13.1. The number of fused-ring (bicyclic) bond motifs is 5. The van der Waals surface area contributed by atoms with Crippen molar-refractivity contribution in [2.75, 3.05) is 7.11 Å². The number of aryl methyl sites for hydroxylation is 1. The molecule has 1 aromatic rings. The third-order valence-corrected chi connectivity index (χ3v) is 6.88. The summed E-state index contributed by atoms with van der Waals surface area (Å²) in [6, 6.07) is 6.67. The molecule has 2 fully saturated rings. The van der Waals surface area contributed by atoms with Gasteiger partial charge in [0.15, 0.2) is 0 Å². The topological polar surface area (TPSA) is 29.5 Å². The normalized spacial score (nSPS) is 41.1. The van der Waals surface area contributed by atoms with Crippen molar-refractivity contribution in [3.8, 4) is 5.75 Å². The summed E-state index contributed by atoms with van der Waals surface area (Å²) in [5.74, 6) is 3.20. The molecule has 21 heavy (non-hydrogen) atoms. The van der Waals surface area contributed by atoms with Gasteiger partial charge in [-0.15, -0.1) is 0 Å². The monoisotopic (exact) mass is 286 g/mol. The first kappa shape index (κ1) is 13.6. The third-order valence-electron chi connectivity index (χ3n) is 6.88. The van der Waals surface area contributed by atoms with Crippen LogP contribution >= 0.6 is 0 Å². The molecule has 3 aliphatic rings. The van der Waals surface area contributed by atoms with Gasteiger partial charge >= 0.3 is 0 Å². The number of aliphatic hydroxyl groups is 1. The Morgan fingerprint density at radius 2 is 2.05 bits per heavy atom. The fourth-order valence-electron chi connectivity index (χ4n) is 5.66. The lowest BCUT2D eigenvalue weighted by Crippen LogP contribution is -2.43. The van der Waals surface area contributed by atoms with Gasteiger partial charge in [-0.05, 0) is 85.0 Å². The standard InChI is InChI=1S/C19H26O2/c1-19-10-9-15-14-6-4-13(21-2)11-12(14)3-5-16(15)17(19)7-8-18(19)20/h4,6,11,15-18,20H,3,5,7-10H2,1-2H3/t15?,16?,17-,18?,19-/m0/s1. The Hall–Kier alpha value is -1.02. The molecular weight excluding hydrogens is 260 g/mol. The molecule has 2 saturated carbocycles. The van der Waals surface area contributed by atoms with Crippen molar-refractivity contribution in [2.24, 2.45) is 17.3 Å². The van der Waals surface area contributed by atoms with E-state index in [1.807, 2.05) is 0 Å². The van der Waals surface area contributed by atoms with Crippen LogP contribution in [0.5, 0.6) is 5.75 Å². The van der Waals surface area contributed by atoms with E-state index in [-0.39, 0.29) is 11.5 Å². The largest absolute Gasteiger partial charge is 0.497 e. The van der Waals surface area contributed by atoms with Gasteiger partial charge in [0.1, 0.15) is 5.75 Å². The first-order chi connectivity index (χ1) is 10.1. The van der Waals surface area contributed by atoms with E-state index in [1.54, 1.807) is 12.7 Å². The van der Waals surface area contributed by atoms with Crippen LogP contribution in [0.15, 0.2) is 18.2 Å². The Morgan fingerprint density at radius 1 is 1.19 bits per heavy atom. The van der Waals surface area contributed by atoms with E-state index in [1.165, 1.54) is 37.7 Å². The maximum Gasteiger partial charge on any atom is 0.119 e. The summed E-state index contributed by atoms with van der Waals surface area (Å²) in [6.45, 7) is 2.34. The highest BCUT2D eigenvalue weighted by atomic mass is 16.5. The van der Waals surface area contributed by atoms with Gasteiger partial charge < -0.3 is 9.84 Å². The van der Waals surface area contributed by atoms with Crippen molar-refractivity contribution in [1.82, 2.24) is 0 Å². The molecule has 3 aliphatic carbocycles. The second-order valence-electron chi connectivity index (χ2n) is 7.62. The molecule has 1 aromatic carbocycles. The molecule has 2 nitrogen and oxygen atoms in total. The SMILES string of the molecule is COc1ccc2c(c1)CCC1C2CC[C@]2(C)C(O)CC[C@@H]12. The summed E-state index contributed by atoms with van der Waals surface area (Å²) in [7, 11) is 1.75. The van der Waals surface area contributed by atoms with Gasteiger partial charge in [0.25, 0.3) is 0 Å². The van der Waals surface area contributed by atoms with Crippen LogP contribution in [0.4, 0.5) is 0 Å². The zero-order valence-corrected chi connectivity index (χ0v) is 13.1. The molecule has 0 spiro atoms. The van der Waals surface area contributed by atoms with Gasteiger partial charge in [-0.3, -0.25) is 0 Å². The first-order valence-corrected chi connectivity index (χ1v) is 8.48. The number of benzene rings is 1. The maximum atomic E-state index is 10.4. The molecule has 114 valence electrons. The van der Waals surface area contributed by atoms with Crippen LogP contribution in [0.1, 0.15) is 56.1 Å². The summed E-state index contributed by atoms with van der Waals surface area (Å²) in [5, 5.41) is 10.4. The Morgan fingerprint density at radius 3 is 2.86 bits per heavy atom. The van der Waals surface area contributed by atoms with Gasteiger partial charge in [0.2, 0.25) is 0 Å². The van der Waals surface area contributed by atoms with E-state index in [2.05, 4.69) is 25.1 Å². The predicted molar refractivity (Wildman–Crippen MR) is 83.6 cm³/mol. The summed E-state index contributed by atoms with van der Waals surface area (Å²) in [5.41, 5.74) is 3.25. The average Bonchev–Trinajstić information content (AvgIpc) is 2.82. The van der Waals surface area contributed by atoms with Crippen molar-refractivity contribution in [3.63, 3.8) is 0 Å². The van der Waals surface area contributed by atoms with Crippen LogP contribution in [0, 0.1) is 17.3 Å². The number of aliphatic hydroxyl groups excluding tert-OH is 1. The van der Waals surface area contributed by atoms with Crippen molar-refractivity contribution in [3.05, 3.63) is 29.3 Å². The number of hydrogen-bond acceptors (Lipinski definition) is 2. The number of rotatable bonds is 1. The molecule has 0 radical (unpaired) electrons. The van der Waals surface area contributed by atoms with Crippen LogP contribution in [0.25, 0.3) is 0 Å². The second-order valence-corrected chi connectivity index (χ2v) is 7.62. The molecule has 0 amide bonds. The number of hydrogen-bond donors (Lipinski definition) is 1. The zero-order chi connectivity index (χ0) is 14.6. The molecule has 0 heterocycles. The first-order valence-electron chi connectivity index (χ1n) is 8.48. The summed E-state index contributed by atoms with van der Waals surface area (Å²) >= 11 is 0. The lowest BCUT2D eigenvalue weighted by atomic mass is 9.55. The fourth-order valence-corrected chi connectivity index (χ4v) is 5.66. The Kier molecular flexibility index (Phi) is 3.08. The molecule has 0 aliphatic heterocycles. The van der Waals surface area contributed by atoms with Gasteiger partial charge in [0, 0.05) is 0 Å². The highest BCUT2D eigenvalue weighted by molar-refractivity contribution is 5.40. The Bertz CT molecular complexity index is 552. The van der Waals surface area contributed by atoms with E-state index in [4.69, 9.17) is 4.74 Å². The van der Waals surface area contributed by atoms with Crippen LogP contribution in [0.3, 0.4) is 0 Å². The lowest BCUT2D eigenvalue weighted by molar-refractivity contribution is -0.0226. The van der Waals surface area contributed by atoms with Crippen LogP contribution in [-0.2, 0) is 6.42 Å². The van der Waals surface area contributed by atoms with E-state index in [0.717, 1.165) is 24.0 Å². The molecule has 0 saturated heterocycles. The van der Waals surface area contributed by atoms with E-state index < -0.39 is 0 Å². The van der Waals surface area contributed by atoms with Crippen LogP contribution in [0.2, 0.25) is 0 Å². The van der Waals surface area contributed by atoms with Gasteiger partial charge in [-0.2, -0.15) is 0 Å². The van der Waals surface area contributed by atoms with Crippen molar-refractivity contribution < 1.29 is 9.84 Å². The molecule has 0 bridgehead atoms. The molecule has 5 atom stereocenters. The van der Waals surface area contributed by atoms with E-state index in [0.29, 0.717) is 5.92 Å². The minimum atomic E-state index is -0.0688. The van der Waals surface area contributed by atoms with Gasteiger partial charge in [-0.25, -0.2) is 0 Å². The summed E-state index contributed by atoms with van der Waals surface area (Å²) < 4.78 is 5.38. The molecule has 1 N–H and O–H groups in total. The predicted octanol–water partition coefficient (Wildman–Crippen LogP) is 3.91. The second kappa shape index (κ2) is 4.74. The highest BCUT2D eigenvalue weighted by Gasteiger charge is 2.54. The van der Waals surface area contributed by atoms with Crippen LogP contribution < -0.4 is 4.74 Å². The highest BCUT2D eigenvalue weighted by Crippen LogP contribution is 2.60. The van der Waals surface area contributed by atoms with Gasteiger partial charge in [-0.1, -0.05) is 13.0 Å². The van der Waals surface area contributed by atoms with Crippen molar-refractivity contribution in [1.29, 1.82) is 0 Å². The Labute approximate surface area is 127 Å². The maximum absolute atomic E-state index is 10.4. The van der Waals surface area contributed by atoms with Crippen molar-refractivity contribution >= 4 is 0 Å². The van der Waals surface area contributed by atoms with Crippen molar-refractivity contribution in [2.45, 2.75) is 57.5 Å².